The number of nitrogens with zero attached hydrogens (tertiary/aromatic N) is 3. The fourth-order valence-corrected chi connectivity index (χ4v) is 4.14. The third-order valence-corrected chi connectivity index (χ3v) is 5.52. The fraction of sp³-hybridized carbons (Fsp3) is 0. The van der Waals surface area contributed by atoms with E-state index in [1.54, 1.807) is 0 Å². The zero-order valence-corrected chi connectivity index (χ0v) is 14.0. The molecule has 4 aromatic rings. The number of nitrogens with one attached hydrogen (secondary N) is 2. The van der Waals surface area contributed by atoms with Crippen molar-refractivity contribution in [3.8, 4) is 0 Å². The molecule has 0 fully saturated rings. The van der Waals surface area contributed by atoms with Crippen molar-refractivity contribution in [1.82, 2.24) is 18.7 Å². The Bertz CT molecular complexity index is 1190. The number of fused-ring (bicyclic) bond motifs is 2. The predicted molar refractivity (Wildman–Crippen MR) is 89.3 cm³/mol. The quantitative estimate of drug-likeness (QED) is 0.529. The van der Waals surface area contributed by atoms with Crippen LogP contribution in [0.15, 0.2) is 35.4 Å². The van der Waals surface area contributed by atoms with E-state index in [-0.39, 0.29) is 15.7 Å². The van der Waals surface area contributed by atoms with E-state index < -0.39 is 15.8 Å². The van der Waals surface area contributed by atoms with Crippen LogP contribution in [0.5, 0.6) is 0 Å². The van der Waals surface area contributed by atoms with Crippen molar-refractivity contribution in [3.63, 3.8) is 0 Å². The molecule has 7 nitrogen and oxygen atoms in total. The molecule has 0 saturated heterocycles. The number of hydrogen-bond acceptors (Lipinski definition) is 6. The Balaban J connectivity index is 1.80. The largest absolute Gasteiger partial charge is 0.345 e. The van der Waals surface area contributed by atoms with E-state index >= 15 is 0 Å². The van der Waals surface area contributed by atoms with Crippen LogP contribution in [0, 0.1) is 5.82 Å². The van der Waals surface area contributed by atoms with Crippen LogP contribution in [-0.4, -0.2) is 27.1 Å². The molecule has 0 aliphatic carbocycles. The highest BCUT2D eigenvalue weighted by molar-refractivity contribution is 7.93. The van der Waals surface area contributed by atoms with E-state index in [1.807, 2.05) is 0 Å². The second kappa shape index (κ2) is 5.36. The van der Waals surface area contributed by atoms with Gasteiger partial charge in [-0.05, 0) is 18.2 Å². The molecular formula is C13H7ClFN5O2S2. The first kappa shape index (κ1) is 15.2. The number of anilines is 1. The van der Waals surface area contributed by atoms with E-state index in [9.17, 15) is 12.8 Å². The molecule has 3 heterocycles. The minimum Gasteiger partial charge on any atom is -0.345 e. The predicted octanol–water partition coefficient (Wildman–Crippen LogP) is 3.16. The van der Waals surface area contributed by atoms with Gasteiger partial charge in [0.2, 0.25) is 0 Å². The molecule has 0 spiro atoms. The molecule has 4 rings (SSSR count). The van der Waals surface area contributed by atoms with Gasteiger partial charge in [0.05, 0.1) is 17.4 Å². The number of aromatic amines is 1. The molecule has 24 heavy (non-hydrogen) atoms. The summed E-state index contributed by atoms with van der Waals surface area (Å²) in [4.78, 5) is 6.67. The maximum Gasteiger partial charge on any atom is 0.264 e. The Hall–Kier alpha value is -2.30. The third-order valence-electron chi connectivity index (χ3n) is 3.34. The molecule has 0 unspecified atom stereocenters. The first-order valence-electron chi connectivity index (χ1n) is 6.52. The molecule has 11 heteroatoms. The maximum absolute atomic E-state index is 14.1. The van der Waals surface area contributed by atoms with Crippen LogP contribution in [0.25, 0.3) is 22.1 Å². The third kappa shape index (κ3) is 2.48. The summed E-state index contributed by atoms with van der Waals surface area (Å²) in [5.41, 5.74) is 0.895. The number of aromatic nitrogens is 4. The minimum atomic E-state index is -4.03. The van der Waals surface area contributed by atoms with Crippen molar-refractivity contribution in [2.24, 2.45) is 0 Å². The molecule has 1 aromatic carbocycles. The number of sulfonamides is 1. The van der Waals surface area contributed by atoms with Gasteiger partial charge < -0.3 is 4.98 Å². The zero-order valence-electron chi connectivity index (χ0n) is 11.6. The maximum atomic E-state index is 14.1. The van der Waals surface area contributed by atoms with E-state index in [0.717, 1.165) is 17.8 Å². The lowest BCUT2D eigenvalue weighted by molar-refractivity contribution is 0.599. The van der Waals surface area contributed by atoms with Crippen molar-refractivity contribution in [2.45, 2.75) is 4.90 Å². The number of rotatable bonds is 3. The van der Waals surface area contributed by atoms with Crippen LogP contribution in [-0.2, 0) is 10.0 Å². The molecule has 0 aliphatic rings. The van der Waals surface area contributed by atoms with Crippen molar-refractivity contribution in [3.05, 3.63) is 41.4 Å². The van der Waals surface area contributed by atoms with Gasteiger partial charge in [0.1, 0.15) is 32.5 Å². The lowest BCUT2D eigenvalue weighted by atomic mass is 10.3. The van der Waals surface area contributed by atoms with Crippen LogP contribution in [0.3, 0.4) is 0 Å². The average Bonchev–Trinajstić information content (AvgIpc) is 3.13. The summed E-state index contributed by atoms with van der Waals surface area (Å²) < 4.78 is 49.4. The molecule has 0 radical (unpaired) electrons. The highest BCUT2D eigenvalue weighted by Crippen LogP contribution is 2.27. The van der Waals surface area contributed by atoms with Gasteiger partial charge in [0.25, 0.3) is 10.0 Å². The zero-order chi connectivity index (χ0) is 16.9. The van der Waals surface area contributed by atoms with Crippen molar-refractivity contribution < 1.29 is 12.8 Å². The van der Waals surface area contributed by atoms with E-state index in [4.69, 9.17) is 11.6 Å². The van der Waals surface area contributed by atoms with Gasteiger partial charge >= 0.3 is 0 Å². The van der Waals surface area contributed by atoms with Crippen molar-refractivity contribution in [1.29, 1.82) is 0 Å². The molecule has 0 bridgehead atoms. The van der Waals surface area contributed by atoms with Gasteiger partial charge in [-0.1, -0.05) is 11.6 Å². The monoisotopic (exact) mass is 383 g/mol. The number of benzene rings is 1. The molecular weight excluding hydrogens is 377 g/mol. The number of H-pyrrole nitrogens is 1. The van der Waals surface area contributed by atoms with E-state index in [0.29, 0.717) is 22.1 Å². The smallest absolute Gasteiger partial charge is 0.264 e. The van der Waals surface area contributed by atoms with Gasteiger partial charge in [-0.25, -0.2) is 17.8 Å². The second-order valence-corrected chi connectivity index (χ2v) is 7.44. The Morgan fingerprint density at radius 2 is 1.96 bits per heavy atom. The summed E-state index contributed by atoms with van der Waals surface area (Å²) in [6.07, 6.45) is 1.27. The van der Waals surface area contributed by atoms with Gasteiger partial charge in [-0.15, -0.1) is 0 Å². The lowest BCUT2D eigenvalue weighted by Crippen LogP contribution is -2.13. The van der Waals surface area contributed by atoms with Gasteiger partial charge in [0.15, 0.2) is 0 Å². The first-order chi connectivity index (χ1) is 11.4. The summed E-state index contributed by atoms with van der Waals surface area (Å²) in [6.45, 7) is 0. The fourth-order valence-electron chi connectivity index (χ4n) is 2.26. The Morgan fingerprint density at radius 3 is 2.75 bits per heavy atom. The SMILES string of the molecule is O=S(=O)(Nc1cc2nsnc2cc1F)c1c[nH]c2nc(Cl)ccc12. The Kier molecular flexibility index (Phi) is 3.41. The molecule has 0 amide bonds. The molecule has 0 aliphatic heterocycles. The number of halogens is 2. The van der Waals surface area contributed by atoms with E-state index in [1.165, 1.54) is 24.4 Å². The summed E-state index contributed by atoms with van der Waals surface area (Å²) in [6, 6.07) is 5.44. The standard InChI is InChI=1S/C13H7ClFN5O2S2/c14-12-2-1-6-11(5-16-13(6)17-12)24(21,22)20-8-4-10-9(3-7(8)15)18-23-19-10/h1-5,20H,(H,16,17). The van der Waals surface area contributed by atoms with Gasteiger partial charge in [0, 0.05) is 17.6 Å². The van der Waals surface area contributed by atoms with Gasteiger partial charge in [-0.2, -0.15) is 8.75 Å². The topological polar surface area (TPSA) is 101 Å². The first-order valence-corrected chi connectivity index (χ1v) is 9.11. The molecule has 3 aromatic heterocycles. The summed E-state index contributed by atoms with van der Waals surface area (Å²) in [5.74, 6) is -0.736. The lowest BCUT2D eigenvalue weighted by Gasteiger charge is -2.08. The van der Waals surface area contributed by atoms with Crippen LogP contribution in [0.2, 0.25) is 5.15 Å². The Morgan fingerprint density at radius 1 is 1.21 bits per heavy atom. The van der Waals surface area contributed by atoms with E-state index in [2.05, 4.69) is 23.4 Å². The Labute approximate surface area is 143 Å². The van der Waals surface area contributed by atoms with Crippen molar-refractivity contribution in [2.75, 3.05) is 4.72 Å². The second-order valence-electron chi connectivity index (χ2n) is 4.87. The molecule has 0 saturated carbocycles. The summed E-state index contributed by atoms with van der Waals surface area (Å²) in [7, 11) is -4.03. The highest BCUT2D eigenvalue weighted by atomic mass is 35.5. The van der Waals surface area contributed by atoms with Crippen LogP contribution >= 0.6 is 23.3 Å². The van der Waals surface area contributed by atoms with Crippen LogP contribution in [0.1, 0.15) is 0 Å². The minimum absolute atomic E-state index is 0.0578. The molecule has 122 valence electrons. The van der Waals surface area contributed by atoms with Crippen LogP contribution in [0.4, 0.5) is 10.1 Å². The molecule has 2 N–H and O–H groups in total. The summed E-state index contributed by atoms with van der Waals surface area (Å²) >= 11 is 6.70. The highest BCUT2D eigenvalue weighted by Gasteiger charge is 2.22. The number of pyridine rings is 1. The average molecular weight is 384 g/mol. The van der Waals surface area contributed by atoms with Crippen molar-refractivity contribution >= 4 is 61.1 Å². The summed E-state index contributed by atoms with van der Waals surface area (Å²) in [5, 5.41) is 0.581. The normalized spacial score (nSPS) is 12.1. The van der Waals surface area contributed by atoms with Gasteiger partial charge in [-0.3, -0.25) is 4.72 Å². The van der Waals surface area contributed by atoms with Crippen LogP contribution < -0.4 is 4.72 Å². The molecule has 0 atom stereocenters. The number of hydrogen-bond donors (Lipinski definition) is 2.